The van der Waals surface area contributed by atoms with Gasteiger partial charge in [0.05, 0.1) is 5.16 Å². The zero-order valence-electron chi connectivity index (χ0n) is 8.02. The highest BCUT2D eigenvalue weighted by Gasteiger charge is 2.02. The normalized spacial score (nSPS) is 9.00. The number of carbonyl (C=O) groups excluding carboxylic acids is 1. The van der Waals surface area contributed by atoms with Crippen LogP contribution in [-0.4, -0.2) is 25.2 Å². The quantitative estimate of drug-likeness (QED) is 0.548. The lowest BCUT2D eigenvalue weighted by molar-refractivity contribution is 0.100. The van der Waals surface area contributed by atoms with Gasteiger partial charge in [0, 0.05) is 25.3 Å². The molecular weight excluding hydrogens is 196 g/mol. The highest BCUT2D eigenvalue weighted by molar-refractivity contribution is 7.78. The Morgan fingerprint density at radius 3 is 2.36 bits per heavy atom. The smallest absolute Gasteiger partial charge is 0.285 e. The molecule has 0 radical (unpaired) electrons. The number of carbonyl (C=O) groups is 1. The molecule has 0 spiro atoms. The molecule has 1 aromatic carbocycles. The summed E-state index contributed by atoms with van der Waals surface area (Å²) in [7, 11) is 3.87. The molecule has 1 aromatic rings. The summed E-state index contributed by atoms with van der Waals surface area (Å²) in [5, 5.41) is 2.05. The van der Waals surface area contributed by atoms with E-state index in [4.69, 9.17) is 0 Å². The van der Waals surface area contributed by atoms with Crippen LogP contribution in [0, 0.1) is 0 Å². The number of anilines is 1. The third-order valence-corrected chi connectivity index (χ3v) is 1.87. The number of nitrogens with zero attached hydrogens (tertiary/aromatic N) is 2. The zero-order valence-corrected chi connectivity index (χ0v) is 8.84. The Kier molecular flexibility index (Phi) is 3.51. The molecule has 0 aromatic heterocycles. The van der Waals surface area contributed by atoms with Crippen molar-refractivity contribution >= 4 is 29.0 Å². The number of rotatable bonds is 2. The predicted octanol–water partition coefficient (Wildman–Crippen LogP) is 2.00. The Labute approximate surface area is 88.1 Å². The molecule has 1 amide bonds. The first-order valence-corrected chi connectivity index (χ1v) is 4.45. The van der Waals surface area contributed by atoms with Crippen molar-refractivity contribution in [3.05, 3.63) is 29.8 Å². The van der Waals surface area contributed by atoms with E-state index < -0.39 is 0 Å². The number of isothiocyanates is 1. The number of hydrogen-bond acceptors (Lipinski definition) is 3. The molecule has 72 valence electrons. The second-order valence-corrected chi connectivity index (χ2v) is 3.13. The summed E-state index contributed by atoms with van der Waals surface area (Å²) in [6.07, 6.45) is 0. The van der Waals surface area contributed by atoms with Crippen molar-refractivity contribution in [2.45, 2.75) is 0 Å². The van der Waals surface area contributed by atoms with Crippen molar-refractivity contribution in [3.63, 3.8) is 0 Å². The molecule has 0 saturated heterocycles. The average molecular weight is 206 g/mol. The van der Waals surface area contributed by atoms with Gasteiger partial charge in [0.1, 0.15) is 0 Å². The van der Waals surface area contributed by atoms with E-state index in [1.165, 1.54) is 0 Å². The van der Waals surface area contributed by atoms with Gasteiger partial charge >= 0.3 is 0 Å². The second-order valence-electron chi connectivity index (χ2n) is 2.95. The van der Waals surface area contributed by atoms with Crippen LogP contribution in [0.1, 0.15) is 10.4 Å². The molecule has 0 aliphatic rings. The number of hydrogen-bond donors (Lipinski definition) is 0. The topological polar surface area (TPSA) is 32.7 Å². The number of benzene rings is 1. The monoisotopic (exact) mass is 206 g/mol. The molecule has 0 heterocycles. The van der Waals surface area contributed by atoms with Crippen LogP contribution in [0.5, 0.6) is 0 Å². The predicted molar refractivity (Wildman–Crippen MR) is 60.1 cm³/mol. The van der Waals surface area contributed by atoms with Gasteiger partial charge in [-0.3, -0.25) is 4.79 Å². The largest absolute Gasteiger partial charge is 0.378 e. The Morgan fingerprint density at radius 1 is 1.36 bits per heavy atom. The summed E-state index contributed by atoms with van der Waals surface area (Å²) in [5.41, 5.74) is 1.56. The first kappa shape index (κ1) is 10.6. The standard InChI is InChI=1S/C10H10N2OS/c1-12(2)9-5-3-8(4-6-9)10(13)11-7-14/h3-6H,1-2H3. The minimum Gasteiger partial charge on any atom is -0.378 e. The highest BCUT2D eigenvalue weighted by atomic mass is 32.1. The highest BCUT2D eigenvalue weighted by Crippen LogP contribution is 2.12. The van der Waals surface area contributed by atoms with Gasteiger partial charge in [-0.1, -0.05) is 0 Å². The van der Waals surface area contributed by atoms with Crippen molar-refractivity contribution < 1.29 is 4.79 Å². The summed E-state index contributed by atoms with van der Waals surface area (Å²) in [6.45, 7) is 0. The van der Waals surface area contributed by atoms with E-state index in [0.29, 0.717) is 5.56 Å². The molecule has 1 rings (SSSR count). The molecule has 4 heteroatoms. The van der Waals surface area contributed by atoms with Gasteiger partial charge in [-0.05, 0) is 36.5 Å². The molecule has 0 atom stereocenters. The Bertz CT molecular complexity index is 378. The van der Waals surface area contributed by atoms with Crippen LogP contribution in [0.3, 0.4) is 0 Å². The van der Waals surface area contributed by atoms with Gasteiger partial charge in [0.2, 0.25) is 0 Å². The fraction of sp³-hybridized carbons (Fsp3) is 0.200. The van der Waals surface area contributed by atoms with Crippen molar-refractivity contribution in [1.29, 1.82) is 0 Å². The van der Waals surface area contributed by atoms with Crippen LogP contribution in [0.4, 0.5) is 5.69 Å². The Morgan fingerprint density at radius 2 is 1.93 bits per heavy atom. The summed E-state index contributed by atoms with van der Waals surface area (Å²) in [6, 6.07) is 7.14. The molecular formula is C10H10N2OS. The van der Waals surface area contributed by atoms with Crippen LogP contribution < -0.4 is 4.90 Å². The minimum absolute atomic E-state index is 0.356. The lowest BCUT2D eigenvalue weighted by Crippen LogP contribution is -2.08. The van der Waals surface area contributed by atoms with Crippen molar-refractivity contribution in [2.24, 2.45) is 4.99 Å². The average Bonchev–Trinajstić information content (AvgIpc) is 2.18. The Hall–Kier alpha value is -1.51. The van der Waals surface area contributed by atoms with E-state index in [9.17, 15) is 4.79 Å². The second kappa shape index (κ2) is 4.65. The van der Waals surface area contributed by atoms with Crippen LogP contribution in [0.15, 0.2) is 29.3 Å². The zero-order chi connectivity index (χ0) is 10.6. The molecule has 0 fully saturated rings. The van der Waals surface area contributed by atoms with Gasteiger partial charge < -0.3 is 4.90 Å². The van der Waals surface area contributed by atoms with Crippen LogP contribution in [0.2, 0.25) is 0 Å². The molecule has 3 nitrogen and oxygen atoms in total. The molecule has 0 N–H and O–H groups in total. The van der Waals surface area contributed by atoms with E-state index in [-0.39, 0.29) is 5.91 Å². The first-order chi connectivity index (χ1) is 6.65. The number of aliphatic imine (C=N–C) groups is 1. The van der Waals surface area contributed by atoms with E-state index in [0.717, 1.165) is 5.69 Å². The molecule has 0 saturated carbocycles. The van der Waals surface area contributed by atoms with Crippen molar-refractivity contribution in [3.8, 4) is 0 Å². The Balaban J connectivity index is 2.93. The molecule has 0 bridgehead atoms. The fourth-order valence-corrected chi connectivity index (χ4v) is 1.09. The maximum atomic E-state index is 11.2. The number of amides is 1. The maximum absolute atomic E-state index is 11.2. The van der Waals surface area contributed by atoms with E-state index in [2.05, 4.69) is 22.4 Å². The SMILES string of the molecule is CN(C)c1ccc(C(=O)N=C=S)cc1. The number of thiocarbonyl (C=S) groups is 1. The van der Waals surface area contributed by atoms with Gasteiger partial charge in [-0.15, -0.1) is 0 Å². The van der Waals surface area contributed by atoms with Crippen LogP contribution >= 0.6 is 12.2 Å². The van der Waals surface area contributed by atoms with Crippen molar-refractivity contribution in [1.82, 2.24) is 0 Å². The summed E-state index contributed by atoms with van der Waals surface area (Å²) >= 11 is 4.35. The van der Waals surface area contributed by atoms with Crippen molar-refractivity contribution in [2.75, 3.05) is 19.0 Å². The van der Waals surface area contributed by atoms with Gasteiger partial charge in [-0.25, -0.2) is 0 Å². The third-order valence-electron chi connectivity index (χ3n) is 1.78. The lowest BCUT2D eigenvalue weighted by atomic mass is 10.2. The lowest BCUT2D eigenvalue weighted by Gasteiger charge is -2.11. The van der Waals surface area contributed by atoms with Gasteiger partial charge in [0.15, 0.2) is 0 Å². The van der Waals surface area contributed by atoms with Gasteiger partial charge in [0.25, 0.3) is 5.91 Å². The van der Waals surface area contributed by atoms with E-state index in [1.807, 2.05) is 31.1 Å². The molecule has 0 aliphatic heterocycles. The summed E-state index contributed by atoms with van der Waals surface area (Å²) < 4.78 is 0. The summed E-state index contributed by atoms with van der Waals surface area (Å²) in [4.78, 5) is 16.6. The van der Waals surface area contributed by atoms with E-state index >= 15 is 0 Å². The summed E-state index contributed by atoms with van der Waals surface area (Å²) in [5.74, 6) is -0.356. The van der Waals surface area contributed by atoms with Crippen LogP contribution in [0.25, 0.3) is 0 Å². The fourth-order valence-electron chi connectivity index (χ4n) is 1.01. The van der Waals surface area contributed by atoms with Gasteiger partial charge in [-0.2, -0.15) is 4.99 Å². The molecule has 0 aliphatic carbocycles. The minimum atomic E-state index is -0.356. The maximum Gasteiger partial charge on any atom is 0.285 e. The van der Waals surface area contributed by atoms with Crippen LogP contribution in [-0.2, 0) is 0 Å². The van der Waals surface area contributed by atoms with E-state index in [1.54, 1.807) is 12.1 Å². The molecule has 0 unspecified atom stereocenters. The third kappa shape index (κ3) is 2.49. The molecule has 14 heavy (non-hydrogen) atoms. The first-order valence-electron chi connectivity index (χ1n) is 4.04.